The van der Waals surface area contributed by atoms with Crippen molar-refractivity contribution < 1.29 is 22.0 Å². The Kier molecular flexibility index (Phi) is 3.02. The molecule has 3 aliphatic rings. The van der Waals surface area contributed by atoms with Crippen LogP contribution in [-0.4, -0.2) is 29.6 Å². The van der Waals surface area contributed by atoms with E-state index in [0.717, 1.165) is 6.08 Å². The Morgan fingerprint density at radius 1 is 1.20 bits per heavy atom. The summed E-state index contributed by atoms with van der Waals surface area (Å²) in [4.78, 5) is 1.81. The molecule has 20 heavy (non-hydrogen) atoms. The first-order valence-electron chi connectivity index (χ1n) is 6.39. The Morgan fingerprint density at radius 3 is 2.25 bits per heavy atom. The molecule has 0 amide bonds. The molecule has 0 atom stereocenters. The molecule has 0 aromatic carbocycles. The molecule has 0 aromatic heterocycles. The fraction of sp³-hybridized carbons (Fsp3) is 0.692. The number of allylic oxidation sites excluding steroid dienone is 2. The fourth-order valence-corrected chi connectivity index (χ4v) is 4.23. The van der Waals surface area contributed by atoms with Crippen LogP contribution in [0.15, 0.2) is 22.3 Å². The van der Waals surface area contributed by atoms with Crippen LogP contribution in [0.4, 0.5) is 22.0 Å². The van der Waals surface area contributed by atoms with Crippen molar-refractivity contribution in [3.8, 4) is 0 Å². The van der Waals surface area contributed by atoms with Crippen molar-refractivity contribution in [1.29, 1.82) is 0 Å². The zero-order valence-corrected chi connectivity index (χ0v) is 12.1. The van der Waals surface area contributed by atoms with Crippen LogP contribution in [0.5, 0.6) is 0 Å². The van der Waals surface area contributed by atoms with E-state index < -0.39 is 17.7 Å². The highest BCUT2D eigenvalue weighted by atomic mass is 79.9. The molecule has 112 valence electrons. The van der Waals surface area contributed by atoms with Gasteiger partial charge in [-0.15, -0.1) is 0 Å². The monoisotopic (exact) mass is 357 g/mol. The van der Waals surface area contributed by atoms with Crippen molar-refractivity contribution in [2.75, 3.05) is 6.54 Å². The van der Waals surface area contributed by atoms with Crippen LogP contribution in [0.3, 0.4) is 0 Å². The molecule has 1 spiro atoms. The third-order valence-electron chi connectivity index (χ3n) is 4.42. The summed E-state index contributed by atoms with van der Waals surface area (Å²) in [6.45, 7) is 0.182. The summed E-state index contributed by atoms with van der Waals surface area (Å²) in [7, 11) is 0. The summed E-state index contributed by atoms with van der Waals surface area (Å²) in [5, 5.41) is 0. The summed E-state index contributed by atoms with van der Waals surface area (Å²) in [6, 6.07) is 0.0738. The minimum Gasteiger partial charge on any atom is -0.370 e. The Bertz CT molecular complexity index is 477. The number of rotatable bonds is 1. The van der Waals surface area contributed by atoms with E-state index in [1.54, 1.807) is 4.90 Å². The molecule has 2 fully saturated rings. The lowest BCUT2D eigenvalue weighted by molar-refractivity contribution is -0.206. The van der Waals surface area contributed by atoms with Crippen LogP contribution >= 0.6 is 15.9 Å². The summed E-state index contributed by atoms with van der Waals surface area (Å²) < 4.78 is 63.8. The van der Waals surface area contributed by atoms with Gasteiger partial charge in [-0.25, -0.2) is 8.78 Å². The van der Waals surface area contributed by atoms with E-state index in [4.69, 9.17) is 0 Å². The molecule has 0 unspecified atom stereocenters. The largest absolute Gasteiger partial charge is 0.417 e. The zero-order chi connectivity index (χ0) is 14.8. The van der Waals surface area contributed by atoms with Gasteiger partial charge < -0.3 is 4.90 Å². The maximum atomic E-state index is 12.9. The summed E-state index contributed by atoms with van der Waals surface area (Å²) in [5.74, 6) is -2.54. The van der Waals surface area contributed by atoms with E-state index >= 15 is 0 Å². The molecule has 0 saturated heterocycles. The molecule has 1 heterocycles. The maximum absolute atomic E-state index is 12.9. The molecule has 0 bridgehead atoms. The van der Waals surface area contributed by atoms with Crippen molar-refractivity contribution in [2.24, 2.45) is 5.41 Å². The summed E-state index contributed by atoms with van der Waals surface area (Å²) in [6.07, 6.45) is -0.624. The van der Waals surface area contributed by atoms with Gasteiger partial charge in [0, 0.05) is 36.1 Å². The highest BCUT2D eigenvalue weighted by molar-refractivity contribution is 9.12. The number of alkyl halides is 5. The van der Waals surface area contributed by atoms with Gasteiger partial charge in [0.1, 0.15) is 0 Å². The predicted molar refractivity (Wildman–Crippen MR) is 67.5 cm³/mol. The second-order valence-electron chi connectivity index (χ2n) is 6.06. The number of nitrogens with zero attached hydrogens (tertiary/aromatic N) is 1. The average Bonchev–Trinajstić information content (AvgIpc) is 2.19. The van der Waals surface area contributed by atoms with Gasteiger partial charge in [0.05, 0.1) is 5.57 Å². The lowest BCUT2D eigenvalue weighted by Crippen LogP contribution is -2.59. The van der Waals surface area contributed by atoms with Crippen LogP contribution < -0.4 is 0 Å². The molecule has 7 heteroatoms. The molecular weight excluding hydrogens is 345 g/mol. The molecule has 0 N–H and O–H groups in total. The number of hydrogen-bond acceptors (Lipinski definition) is 1. The average molecular weight is 358 g/mol. The summed E-state index contributed by atoms with van der Waals surface area (Å²) >= 11 is 2.94. The van der Waals surface area contributed by atoms with Crippen LogP contribution in [0.25, 0.3) is 0 Å². The van der Waals surface area contributed by atoms with Crippen molar-refractivity contribution in [1.82, 2.24) is 4.90 Å². The third kappa shape index (κ3) is 2.38. The van der Waals surface area contributed by atoms with Crippen molar-refractivity contribution in [3.63, 3.8) is 0 Å². The van der Waals surface area contributed by atoms with Gasteiger partial charge in [0.2, 0.25) is 5.92 Å². The topological polar surface area (TPSA) is 3.24 Å². The Hall–Kier alpha value is -0.590. The maximum Gasteiger partial charge on any atom is 0.417 e. The van der Waals surface area contributed by atoms with Gasteiger partial charge in [0.15, 0.2) is 0 Å². The number of hydrogen-bond donors (Lipinski definition) is 0. The van der Waals surface area contributed by atoms with Gasteiger partial charge in [-0.05, 0) is 34.2 Å². The van der Waals surface area contributed by atoms with E-state index in [2.05, 4.69) is 15.9 Å². The minimum atomic E-state index is -4.36. The van der Waals surface area contributed by atoms with Gasteiger partial charge in [0.25, 0.3) is 0 Å². The van der Waals surface area contributed by atoms with E-state index in [-0.39, 0.29) is 35.3 Å². The van der Waals surface area contributed by atoms with E-state index in [9.17, 15) is 22.0 Å². The molecule has 2 aliphatic carbocycles. The summed E-state index contributed by atoms with van der Waals surface area (Å²) in [5.41, 5.74) is -0.930. The highest BCUT2D eigenvalue weighted by Gasteiger charge is 2.62. The van der Waals surface area contributed by atoms with Crippen LogP contribution in [0, 0.1) is 5.41 Å². The molecule has 3 rings (SSSR count). The lowest BCUT2D eigenvalue weighted by atomic mass is 9.52. The fourth-order valence-electron chi connectivity index (χ4n) is 3.58. The highest BCUT2D eigenvalue weighted by Crippen LogP contribution is 2.63. The van der Waals surface area contributed by atoms with E-state index in [1.807, 2.05) is 0 Å². The predicted octanol–water partition coefficient (Wildman–Crippen LogP) is 4.60. The first-order valence-corrected chi connectivity index (χ1v) is 7.18. The van der Waals surface area contributed by atoms with Crippen LogP contribution in [-0.2, 0) is 0 Å². The normalized spacial score (nSPS) is 28.6. The molecule has 1 nitrogen and oxygen atoms in total. The minimum absolute atomic E-state index is 0.0103. The molecule has 2 saturated carbocycles. The Balaban J connectivity index is 1.60. The smallest absolute Gasteiger partial charge is 0.370 e. The third-order valence-corrected chi connectivity index (χ3v) is 5.05. The first kappa shape index (κ1) is 14.4. The van der Waals surface area contributed by atoms with E-state index in [0.29, 0.717) is 12.8 Å². The molecular formula is C13H13BrF5N. The van der Waals surface area contributed by atoms with E-state index in [1.165, 1.54) is 6.20 Å². The van der Waals surface area contributed by atoms with Gasteiger partial charge in [-0.2, -0.15) is 13.2 Å². The standard InChI is InChI=1S/C13H13BrF5N/c14-10-5-20(2-1-9(10)13(17,18)19)8-3-11(4-8)6-12(15,16)7-11/h1,5,8H,2-4,6-7H2. The second kappa shape index (κ2) is 4.21. The first-order chi connectivity index (χ1) is 9.10. The van der Waals surface area contributed by atoms with Crippen LogP contribution in [0.1, 0.15) is 25.7 Å². The molecule has 0 radical (unpaired) electrons. The quantitative estimate of drug-likeness (QED) is 0.619. The Morgan fingerprint density at radius 2 is 1.80 bits per heavy atom. The van der Waals surface area contributed by atoms with Gasteiger partial charge >= 0.3 is 6.18 Å². The van der Waals surface area contributed by atoms with Gasteiger partial charge in [-0.1, -0.05) is 6.08 Å². The molecule has 0 aromatic rings. The second-order valence-corrected chi connectivity index (χ2v) is 6.92. The van der Waals surface area contributed by atoms with Crippen molar-refractivity contribution in [3.05, 3.63) is 22.3 Å². The van der Waals surface area contributed by atoms with Crippen molar-refractivity contribution >= 4 is 15.9 Å². The van der Waals surface area contributed by atoms with Gasteiger partial charge in [-0.3, -0.25) is 0 Å². The lowest BCUT2D eigenvalue weighted by Gasteiger charge is -2.59. The SMILES string of the molecule is FC1(F)CC2(CC(N3C=C(Br)C(C(F)(F)F)=CC3)C2)C1. The zero-order valence-electron chi connectivity index (χ0n) is 10.5. The van der Waals surface area contributed by atoms with Crippen molar-refractivity contribution in [2.45, 2.75) is 43.8 Å². The van der Waals surface area contributed by atoms with Crippen LogP contribution in [0.2, 0.25) is 0 Å². The number of halogens is 6. The molecule has 1 aliphatic heterocycles. The Labute approximate surface area is 121 Å².